The van der Waals surface area contributed by atoms with Crippen molar-refractivity contribution in [3.8, 4) is 5.75 Å². The Hall–Kier alpha value is -1.31. The molecule has 0 saturated heterocycles. The van der Waals surface area contributed by atoms with Crippen LogP contribution >= 0.6 is 0 Å². The van der Waals surface area contributed by atoms with Crippen molar-refractivity contribution in [2.45, 2.75) is 46.6 Å². The van der Waals surface area contributed by atoms with E-state index in [1.54, 1.807) is 0 Å². The molecule has 0 aliphatic rings. The molecule has 2 nitrogen and oxygen atoms in total. The molecule has 1 atom stereocenters. The number of carbonyl (C=O) groups is 1. The van der Waals surface area contributed by atoms with Gasteiger partial charge < -0.3 is 4.74 Å². The highest BCUT2D eigenvalue weighted by Gasteiger charge is 2.10. The van der Waals surface area contributed by atoms with Gasteiger partial charge in [-0.1, -0.05) is 20.3 Å². The molecule has 0 heterocycles. The van der Waals surface area contributed by atoms with E-state index in [9.17, 15) is 4.79 Å². The number of ketones is 1. The summed E-state index contributed by atoms with van der Waals surface area (Å²) in [6, 6.07) is 7.43. The Labute approximate surface area is 104 Å². The van der Waals surface area contributed by atoms with Crippen molar-refractivity contribution in [3.05, 3.63) is 29.8 Å². The van der Waals surface area contributed by atoms with Crippen molar-refractivity contribution in [1.29, 1.82) is 0 Å². The van der Waals surface area contributed by atoms with E-state index in [0.29, 0.717) is 12.3 Å². The molecule has 0 saturated carbocycles. The smallest absolute Gasteiger partial charge is 0.163 e. The van der Waals surface area contributed by atoms with Crippen molar-refractivity contribution in [2.24, 2.45) is 5.92 Å². The van der Waals surface area contributed by atoms with E-state index in [0.717, 1.165) is 17.7 Å². The molecule has 2 heteroatoms. The molecule has 1 aromatic rings. The highest BCUT2D eigenvalue weighted by Crippen LogP contribution is 2.17. The number of carbonyl (C=O) groups excluding carboxylic acids is 1. The number of ether oxygens (including phenoxy) is 1. The third-order valence-electron chi connectivity index (χ3n) is 2.78. The lowest BCUT2D eigenvalue weighted by Gasteiger charge is -2.10. The average molecular weight is 234 g/mol. The van der Waals surface area contributed by atoms with Gasteiger partial charge in [-0.25, -0.2) is 0 Å². The molecule has 1 unspecified atom stereocenters. The van der Waals surface area contributed by atoms with Crippen LogP contribution in [-0.2, 0) is 0 Å². The Balaban J connectivity index is 2.64. The van der Waals surface area contributed by atoms with Gasteiger partial charge in [-0.2, -0.15) is 0 Å². The second kappa shape index (κ2) is 6.43. The molecule has 17 heavy (non-hydrogen) atoms. The average Bonchev–Trinajstić information content (AvgIpc) is 2.28. The number of hydrogen-bond donors (Lipinski definition) is 0. The summed E-state index contributed by atoms with van der Waals surface area (Å²) in [5.74, 6) is 1.49. The SMILES string of the molecule is CCC(C)CC(=O)c1ccc(OC(C)C)cc1. The Morgan fingerprint density at radius 1 is 1.18 bits per heavy atom. The zero-order valence-corrected chi connectivity index (χ0v) is 11.2. The lowest BCUT2D eigenvalue weighted by atomic mass is 9.98. The van der Waals surface area contributed by atoms with Gasteiger partial charge in [0.05, 0.1) is 6.10 Å². The molecule has 0 bridgehead atoms. The summed E-state index contributed by atoms with van der Waals surface area (Å²) in [6.45, 7) is 8.19. The van der Waals surface area contributed by atoms with Gasteiger partial charge in [0, 0.05) is 12.0 Å². The normalized spacial score (nSPS) is 12.5. The maximum absolute atomic E-state index is 11.9. The predicted molar refractivity (Wildman–Crippen MR) is 70.6 cm³/mol. The lowest BCUT2D eigenvalue weighted by Crippen LogP contribution is -2.07. The van der Waals surface area contributed by atoms with Gasteiger partial charge in [-0.05, 0) is 44.0 Å². The van der Waals surface area contributed by atoms with E-state index in [1.807, 2.05) is 38.1 Å². The number of rotatable bonds is 6. The second-order valence-corrected chi connectivity index (χ2v) is 4.83. The fraction of sp³-hybridized carbons (Fsp3) is 0.533. The van der Waals surface area contributed by atoms with E-state index in [1.165, 1.54) is 0 Å². The zero-order chi connectivity index (χ0) is 12.8. The largest absolute Gasteiger partial charge is 0.491 e. The van der Waals surface area contributed by atoms with E-state index < -0.39 is 0 Å². The minimum absolute atomic E-state index is 0.164. The third-order valence-corrected chi connectivity index (χ3v) is 2.78. The van der Waals surface area contributed by atoms with Crippen LogP contribution in [0, 0.1) is 5.92 Å². The monoisotopic (exact) mass is 234 g/mol. The first kappa shape index (κ1) is 13.8. The van der Waals surface area contributed by atoms with Crippen LogP contribution in [0.2, 0.25) is 0 Å². The first-order valence-electron chi connectivity index (χ1n) is 6.32. The second-order valence-electron chi connectivity index (χ2n) is 4.83. The highest BCUT2D eigenvalue weighted by atomic mass is 16.5. The maximum Gasteiger partial charge on any atom is 0.163 e. The molecule has 1 aromatic carbocycles. The van der Waals surface area contributed by atoms with Crippen LogP contribution in [0.1, 0.15) is 50.9 Å². The van der Waals surface area contributed by atoms with Crippen LogP contribution in [0.15, 0.2) is 24.3 Å². The van der Waals surface area contributed by atoms with E-state index in [-0.39, 0.29) is 11.9 Å². The first-order valence-corrected chi connectivity index (χ1v) is 6.32. The van der Waals surface area contributed by atoms with Gasteiger partial charge in [0.2, 0.25) is 0 Å². The summed E-state index contributed by atoms with van der Waals surface area (Å²) in [7, 11) is 0. The molecule has 0 amide bonds. The molecule has 0 spiro atoms. The summed E-state index contributed by atoms with van der Waals surface area (Å²) < 4.78 is 5.54. The first-order chi connectivity index (χ1) is 8.02. The molecule has 94 valence electrons. The fourth-order valence-electron chi connectivity index (χ4n) is 1.57. The molecule has 0 aromatic heterocycles. The van der Waals surface area contributed by atoms with Gasteiger partial charge in [0.25, 0.3) is 0 Å². The van der Waals surface area contributed by atoms with Crippen LogP contribution in [0.25, 0.3) is 0 Å². The molecule has 0 aliphatic carbocycles. The van der Waals surface area contributed by atoms with Gasteiger partial charge in [-0.15, -0.1) is 0 Å². The van der Waals surface area contributed by atoms with Crippen molar-refractivity contribution in [1.82, 2.24) is 0 Å². The lowest BCUT2D eigenvalue weighted by molar-refractivity contribution is 0.0963. The van der Waals surface area contributed by atoms with Crippen LogP contribution in [-0.4, -0.2) is 11.9 Å². The number of benzene rings is 1. The van der Waals surface area contributed by atoms with Crippen molar-refractivity contribution >= 4 is 5.78 Å². The topological polar surface area (TPSA) is 26.3 Å². The summed E-state index contributed by atoms with van der Waals surface area (Å²) in [4.78, 5) is 11.9. The Bertz CT molecular complexity index is 352. The van der Waals surface area contributed by atoms with Crippen LogP contribution in [0.3, 0.4) is 0 Å². The molecular formula is C15H22O2. The minimum Gasteiger partial charge on any atom is -0.491 e. The standard InChI is InChI=1S/C15H22O2/c1-5-12(4)10-15(16)13-6-8-14(9-7-13)17-11(2)3/h6-9,11-12H,5,10H2,1-4H3. The van der Waals surface area contributed by atoms with Gasteiger partial charge in [0.15, 0.2) is 5.78 Å². The summed E-state index contributed by atoms with van der Waals surface area (Å²) >= 11 is 0. The maximum atomic E-state index is 11.9. The fourth-order valence-corrected chi connectivity index (χ4v) is 1.57. The highest BCUT2D eigenvalue weighted by molar-refractivity contribution is 5.96. The third kappa shape index (κ3) is 4.59. The van der Waals surface area contributed by atoms with Crippen LogP contribution in [0.5, 0.6) is 5.75 Å². The predicted octanol–water partition coefficient (Wildman–Crippen LogP) is 4.09. The molecular weight excluding hydrogens is 212 g/mol. The van der Waals surface area contributed by atoms with Crippen LogP contribution < -0.4 is 4.74 Å². The zero-order valence-electron chi connectivity index (χ0n) is 11.2. The van der Waals surface area contributed by atoms with E-state index in [4.69, 9.17) is 4.74 Å². The summed E-state index contributed by atoms with van der Waals surface area (Å²) in [5, 5.41) is 0. The van der Waals surface area contributed by atoms with Gasteiger partial charge >= 0.3 is 0 Å². The summed E-state index contributed by atoms with van der Waals surface area (Å²) in [5.41, 5.74) is 0.779. The quantitative estimate of drug-likeness (QED) is 0.693. The Kier molecular flexibility index (Phi) is 5.20. The molecule has 0 radical (unpaired) electrons. The van der Waals surface area contributed by atoms with E-state index >= 15 is 0 Å². The molecule has 0 aliphatic heterocycles. The van der Waals surface area contributed by atoms with Crippen molar-refractivity contribution in [2.75, 3.05) is 0 Å². The Morgan fingerprint density at radius 3 is 2.24 bits per heavy atom. The molecule has 0 fully saturated rings. The van der Waals surface area contributed by atoms with Crippen molar-refractivity contribution < 1.29 is 9.53 Å². The Morgan fingerprint density at radius 2 is 1.76 bits per heavy atom. The molecule has 0 N–H and O–H groups in total. The molecule has 1 rings (SSSR count). The van der Waals surface area contributed by atoms with Gasteiger partial charge in [-0.3, -0.25) is 4.79 Å². The van der Waals surface area contributed by atoms with Crippen molar-refractivity contribution in [3.63, 3.8) is 0 Å². The van der Waals surface area contributed by atoms with Crippen LogP contribution in [0.4, 0.5) is 0 Å². The number of Topliss-reactive ketones (excluding diaryl/α,β-unsaturated/α-hetero) is 1. The van der Waals surface area contributed by atoms with Gasteiger partial charge in [0.1, 0.15) is 5.75 Å². The summed E-state index contributed by atoms with van der Waals surface area (Å²) in [6.07, 6.45) is 1.83. The number of hydrogen-bond acceptors (Lipinski definition) is 2. The van der Waals surface area contributed by atoms with E-state index in [2.05, 4.69) is 13.8 Å². The minimum atomic E-state index is 0.164.